The smallest absolute Gasteiger partial charge is 0.356 e. The molecule has 35 heavy (non-hydrogen) atoms. The largest absolute Gasteiger partial charge is 0.476 e. The Hall–Kier alpha value is -4.22. The minimum atomic E-state index is -1.25. The first-order valence-corrected chi connectivity index (χ1v) is 10.9. The summed E-state index contributed by atoms with van der Waals surface area (Å²) in [6, 6.07) is 11.6. The standard InChI is InChI=1S/C26H19ClFN3O4/c1-12-6-18(14(3)30-20-4-5-21(27)31-22(20)26(33)34)25-19(7-12)23(32)13(2)24(35-25)16-8-15(11-29)9-17(28)10-16/h4-10,14,30H,1-3H3,(H,33,34)/t14-/m1/s1. The van der Waals surface area contributed by atoms with E-state index in [9.17, 15) is 24.3 Å². The van der Waals surface area contributed by atoms with Gasteiger partial charge in [-0.25, -0.2) is 14.2 Å². The van der Waals surface area contributed by atoms with E-state index in [1.165, 1.54) is 24.3 Å². The molecule has 0 spiro atoms. The van der Waals surface area contributed by atoms with Crippen LogP contribution in [0.3, 0.4) is 0 Å². The summed E-state index contributed by atoms with van der Waals surface area (Å²) in [6.45, 7) is 5.19. The average Bonchev–Trinajstić information content (AvgIpc) is 2.81. The van der Waals surface area contributed by atoms with E-state index in [0.717, 1.165) is 11.6 Å². The van der Waals surface area contributed by atoms with Crippen LogP contribution in [0.2, 0.25) is 5.15 Å². The number of carboxylic acids is 1. The molecular weight excluding hydrogens is 473 g/mol. The number of carbonyl (C=O) groups is 1. The maximum Gasteiger partial charge on any atom is 0.356 e. The van der Waals surface area contributed by atoms with Crippen LogP contribution in [-0.2, 0) is 0 Å². The number of benzene rings is 2. The van der Waals surface area contributed by atoms with Crippen molar-refractivity contribution < 1.29 is 18.7 Å². The van der Waals surface area contributed by atoms with Crippen LogP contribution < -0.4 is 10.7 Å². The third kappa shape index (κ3) is 4.59. The summed E-state index contributed by atoms with van der Waals surface area (Å²) in [5, 5.41) is 22.2. The monoisotopic (exact) mass is 491 g/mol. The van der Waals surface area contributed by atoms with E-state index < -0.39 is 17.8 Å². The zero-order valence-electron chi connectivity index (χ0n) is 18.9. The highest BCUT2D eigenvalue weighted by Crippen LogP contribution is 2.33. The number of hydrogen-bond acceptors (Lipinski definition) is 6. The van der Waals surface area contributed by atoms with E-state index >= 15 is 0 Å². The van der Waals surface area contributed by atoms with Crippen LogP contribution in [-0.4, -0.2) is 16.1 Å². The van der Waals surface area contributed by atoms with Crippen molar-refractivity contribution in [3.05, 3.63) is 91.6 Å². The highest BCUT2D eigenvalue weighted by molar-refractivity contribution is 6.29. The molecule has 0 fully saturated rings. The molecule has 0 saturated carbocycles. The van der Waals surface area contributed by atoms with Crippen LogP contribution in [0.1, 0.15) is 45.7 Å². The highest BCUT2D eigenvalue weighted by atomic mass is 35.5. The summed E-state index contributed by atoms with van der Waals surface area (Å²) in [5.74, 6) is -1.73. The summed E-state index contributed by atoms with van der Waals surface area (Å²) in [6.07, 6.45) is 0. The fourth-order valence-corrected chi connectivity index (χ4v) is 4.12. The van der Waals surface area contributed by atoms with Crippen molar-refractivity contribution in [1.82, 2.24) is 4.98 Å². The third-order valence-corrected chi connectivity index (χ3v) is 5.79. The molecule has 2 N–H and O–H groups in total. The second-order valence-electron chi connectivity index (χ2n) is 8.16. The Morgan fingerprint density at radius 3 is 2.66 bits per heavy atom. The van der Waals surface area contributed by atoms with Gasteiger partial charge in [-0.2, -0.15) is 5.26 Å². The molecule has 2 aromatic heterocycles. The van der Waals surface area contributed by atoms with E-state index in [-0.39, 0.29) is 50.0 Å². The van der Waals surface area contributed by atoms with Crippen LogP contribution in [0.5, 0.6) is 0 Å². The van der Waals surface area contributed by atoms with Crippen LogP contribution in [0.4, 0.5) is 10.1 Å². The fraction of sp³-hybridized carbons (Fsp3) is 0.154. The Kier molecular flexibility index (Phi) is 6.29. The molecule has 1 atom stereocenters. The normalized spacial score (nSPS) is 11.8. The Morgan fingerprint density at radius 2 is 1.97 bits per heavy atom. The second-order valence-corrected chi connectivity index (χ2v) is 8.55. The fourth-order valence-electron chi connectivity index (χ4n) is 3.98. The first-order chi connectivity index (χ1) is 16.6. The van der Waals surface area contributed by atoms with E-state index in [0.29, 0.717) is 10.9 Å². The van der Waals surface area contributed by atoms with Gasteiger partial charge in [0.25, 0.3) is 0 Å². The van der Waals surface area contributed by atoms with Gasteiger partial charge in [0.1, 0.15) is 22.3 Å². The van der Waals surface area contributed by atoms with Crippen molar-refractivity contribution >= 4 is 34.2 Å². The van der Waals surface area contributed by atoms with Gasteiger partial charge in [0.2, 0.25) is 0 Å². The number of rotatable bonds is 5. The summed E-state index contributed by atoms with van der Waals surface area (Å²) in [7, 11) is 0. The van der Waals surface area contributed by atoms with E-state index in [2.05, 4.69) is 10.3 Å². The zero-order chi connectivity index (χ0) is 25.4. The van der Waals surface area contributed by atoms with Crippen molar-refractivity contribution in [2.75, 3.05) is 5.32 Å². The molecule has 0 saturated heterocycles. The molecule has 0 aliphatic rings. The Balaban J connectivity index is 1.91. The van der Waals surface area contributed by atoms with Gasteiger partial charge in [-0.15, -0.1) is 0 Å². The van der Waals surface area contributed by atoms with Crippen LogP contribution >= 0.6 is 11.6 Å². The summed E-state index contributed by atoms with van der Waals surface area (Å²) >= 11 is 5.86. The number of anilines is 1. The summed E-state index contributed by atoms with van der Waals surface area (Å²) in [5.41, 5.74) is 1.98. The molecule has 0 bridgehead atoms. The minimum absolute atomic E-state index is 0.0413. The van der Waals surface area contributed by atoms with Gasteiger partial charge in [-0.05, 0) is 62.7 Å². The minimum Gasteiger partial charge on any atom is -0.476 e. The molecule has 4 aromatic rings. The van der Waals surface area contributed by atoms with Gasteiger partial charge in [0.05, 0.1) is 28.7 Å². The molecule has 0 radical (unpaired) electrons. The zero-order valence-corrected chi connectivity index (χ0v) is 19.7. The third-order valence-electron chi connectivity index (χ3n) is 5.58. The molecule has 0 unspecified atom stereocenters. The van der Waals surface area contributed by atoms with Crippen molar-refractivity contribution in [2.45, 2.75) is 26.8 Å². The second kappa shape index (κ2) is 9.20. The lowest BCUT2D eigenvalue weighted by Crippen LogP contribution is -2.14. The molecular formula is C26H19ClFN3O4. The van der Waals surface area contributed by atoms with Gasteiger partial charge in [-0.3, -0.25) is 4.79 Å². The predicted octanol–water partition coefficient (Wildman–Crippen LogP) is 6.01. The molecule has 4 rings (SSSR count). The molecule has 0 amide bonds. The van der Waals surface area contributed by atoms with Crippen molar-refractivity contribution in [3.8, 4) is 17.4 Å². The van der Waals surface area contributed by atoms with Crippen LogP contribution in [0.25, 0.3) is 22.3 Å². The number of hydrogen-bond donors (Lipinski definition) is 2. The first-order valence-electron chi connectivity index (χ1n) is 10.5. The van der Waals surface area contributed by atoms with E-state index in [1.807, 2.05) is 19.1 Å². The van der Waals surface area contributed by atoms with Gasteiger partial charge in [0.15, 0.2) is 11.1 Å². The van der Waals surface area contributed by atoms with Gasteiger partial charge >= 0.3 is 5.97 Å². The number of carboxylic acid groups (broad SMARTS) is 1. The quantitative estimate of drug-likeness (QED) is 0.328. The summed E-state index contributed by atoms with van der Waals surface area (Å²) in [4.78, 5) is 28.8. The highest BCUT2D eigenvalue weighted by Gasteiger charge is 2.21. The lowest BCUT2D eigenvalue weighted by Gasteiger charge is -2.19. The molecule has 176 valence electrons. The first kappa shape index (κ1) is 23.9. The Labute approximate surface area is 204 Å². The predicted molar refractivity (Wildman–Crippen MR) is 130 cm³/mol. The number of fused-ring (bicyclic) bond motifs is 1. The number of aromatic carboxylic acids is 1. The van der Waals surface area contributed by atoms with Crippen molar-refractivity contribution in [1.29, 1.82) is 5.26 Å². The number of halogens is 2. The maximum atomic E-state index is 14.1. The van der Waals surface area contributed by atoms with Gasteiger partial charge < -0.3 is 14.8 Å². The van der Waals surface area contributed by atoms with Crippen LogP contribution in [0, 0.1) is 31.0 Å². The Morgan fingerprint density at radius 1 is 1.23 bits per heavy atom. The van der Waals surface area contributed by atoms with Crippen LogP contribution in [0.15, 0.2) is 51.7 Å². The molecule has 2 aromatic carbocycles. The van der Waals surface area contributed by atoms with E-state index in [4.69, 9.17) is 16.0 Å². The lowest BCUT2D eigenvalue weighted by molar-refractivity contribution is 0.0691. The Bertz CT molecular complexity index is 1610. The van der Waals surface area contributed by atoms with Crippen molar-refractivity contribution in [3.63, 3.8) is 0 Å². The summed E-state index contributed by atoms with van der Waals surface area (Å²) < 4.78 is 20.3. The number of nitriles is 1. The number of nitrogens with zero attached hydrogens (tertiary/aromatic N) is 2. The molecule has 0 aliphatic heterocycles. The number of pyridine rings is 1. The number of aromatic nitrogens is 1. The SMILES string of the molecule is Cc1cc([C@@H](C)Nc2ccc(Cl)nc2C(=O)O)c2oc(-c3cc(F)cc(C#N)c3)c(C)c(=O)c2c1. The molecule has 7 nitrogen and oxygen atoms in total. The molecule has 0 aliphatic carbocycles. The van der Waals surface area contributed by atoms with Gasteiger partial charge in [0, 0.05) is 16.7 Å². The molecule has 2 heterocycles. The number of aryl methyl sites for hydroxylation is 1. The topological polar surface area (TPSA) is 116 Å². The average molecular weight is 492 g/mol. The number of nitrogens with one attached hydrogen (secondary N) is 1. The van der Waals surface area contributed by atoms with E-state index in [1.54, 1.807) is 19.9 Å². The van der Waals surface area contributed by atoms with Gasteiger partial charge in [-0.1, -0.05) is 17.7 Å². The molecule has 9 heteroatoms. The maximum absolute atomic E-state index is 14.1. The van der Waals surface area contributed by atoms with Crippen molar-refractivity contribution in [2.24, 2.45) is 0 Å². The lowest BCUT2D eigenvalue weighted by atomic mass is 9.98.